The topological polar surface area (TPSA) is 32.5 Å². The summed E-state index contributed by atoms with van der Waals surface area (Å²) in [6.45, 7) is 14.5. The van der Waals surface area contributed by atoms with E-state index in [9.17, 15) is 0 Å². The molecule has 0 amide bonds. The zero-order chi connectivity index (χ0) is 15.1. The second-order valence-corrected chi connectivity index (χ2v) is 9.01. The van der Waals surface area contributed by atoms with E-state index in [1.54, 1.807) is 0 Å². The van der Waals surface area contributed by atoms with Crippen LogP contribution in [0, 0.1) is 17.3 Å². The summed E-state index contributed by atoms with van der Waals surface area (Å²) in [6.07, 6.45) is 6.88. The van der Waals surface area contributed by atoms with Crippen LogP contribution in [0.3, 0.4) is 0 Å². The lowest BCUT2D eigenvalue weighted by molar-refractivity contribution is -0.0358. The first-order valence-electron chi connectivity index (χ1n) is 9.10. The van der Waals surface area contributed by atoms with Crippen molar-refractivity contribution in [3.05, 3.63) is 0 Å². The van der Waals surface area contributed by atoms with E-state index >= 15 is 0 Å². The van der Waals surface area contributed by atoms with Gasteiger partial charge in [0.2, 0.25) is 0 Å². The van der Waals surface area contributed by atoms with E-state index in [2.05, 4.69) is 30.6 Å². The van der Waals surface area contributed by atoms with Crippen molar-refractivity contribution in [2.75, 3.05) is 39.3 Å². The molecule has 1 saturated heterocycles. The predicted molar refractivity (Wildman–Crippen MR) is 89.3 cm³/mol. The van der Waals surface area contributed by atoms with Gasteiger partial charge < -0.3 is 10.6 Å². The van der Waals surface area contributed by atoms with Gasteiger partial charge in [0, 0.05) is 44.8 Å². The van der Waals surface area contributed by atoms with Crippen molar-refractivity contribution in [2.45, 2.75) is 58.4 Å². The third-order valence-electron chi connectivity index (χ3n) is 6.07. The number of nitrogens with two attached hydrogens (primary N) is 1. The highest BCUT2D eigenvalue weighted by molar-refractivity contribution is 5.02. The Bertz CT molecular complexity index is 355. The molecule has 0 radical (unpaired) electrons. The van der Waals surface area contributed by atoms with E-state index in [-0.39, 0.29) is 5.54 Å². The number of rotatable bonds is 4. The molecular formula is C18H35N3. The number of hydrogen-bond donors (Lipinski definition) is 1. The van der Waals surface area contributed by atoms with Gasteiger partial charge in [-0.05, 0) is 49.4 Å². The summed E-state index contributed by atoms with van der Waals surface area (Å²) in [7, 11) is 0. The third kappa shape index (κ3) is 3.62. The molecule has 3 aliphatic rings. The summed E-state index contributed by atoms with van der Waals surface area (Å²) < 4.78 is 0. The van der Waals surface area contributed by atoms with E-state index < -0.39 is 0 Å². The normalized spacial score (nSPS) is 38.6. The monoisotopic (exact) mass is 293 g/mol. The molecule has 3 heteroatoms. The van der Waals surface area contributed by atoms with Gasteiger partial charge in [0.05, 0.1) is 0 Å². The van der Waals surface area contributed by atoms with Crippen LogP contribution in [-0.2, 0) is 0 Å². The van der Waals surface area contributed by atoms with E-state index in [4.69, 9.17) is 5.73 Å². The molecule has 3 rings (SSSR count). The maximum atomic E-state index is 6.32. The first-order chi connectivity index (χ1) is 9.92. The molecule has 2 unspecified atom stereocenters. The second kappa shape index (κ2) is 5.82. The highest BCUT2D eigenvalue weighted by Crippen LogP contribution is 2.46. The molecule has 1 aliphatic heterocycles. The zero-order valence-corrected chi connectivity index (χ0v) is 14.4. The largest absolute Gasteiger partial charge is 0.329 e. The van der Waals surface area contributed by atoms with Crippen LogP contribution in [0.1, 0.15) is 52.9 Å². The molecule has 0 aromatic heterocycles. The Labute approximate surface area is 131 Å². The average molecular weight is 293 g/mol. The molecular weight excluding hydrogens is 258 g/mol. The van der Waals surface area contributed by atoms with Crippen molar-refractivity contribution in [1.82, 2.24) is 9.80 Å². The van der Waals surface area contributed by atoms with Gasteiger partial charge in [-0.25, -0.2) is 0 Å². The molecule has 3 nitrogen and oxygen atoms in total. The van der Waals surface area contributed by atoms with Gasteiger partial charge in [-0.3, -0.25) is 4.90 Å². The van der Waals surface area contributed by atoms with E-state index in [1.165, 1.54) is 64.8 Å². The maximum absolute atomic E-state index is 6.32. The minimum absolute atomic E-state index is 0.271. The maximum Gasteiger partial charge on any atom is 0.0340 e. The Morgan fingerprint density at radius 3 is 2.24 bits per heavy atom. The molecule has 3 fully saturated rings. The lowest BCUT2D eigenvalue weighted by atomic mass is 9.63. The molecule has 0 aromatic rings. The molecule has 0 bridgehead atoms. The summed E-state index contributed by atoms with van der Waals surface area (Å²) in [5, 5.41) is 0. The molecule has 122 valence electrons. The first-order valence-corrected chi connectivity index (χ1v) is 9.10. The SMILES string of the molecule is CC1CC(C)(C)CC(CN)(N2CCN(CC3CC3)CC2)C1. The van der Waals surface area contributed by atoms with Crippen molar-refractivity contribution < 1.29 is 0 Å². The van der Waals surface area contributed by atoms with Crippen molar-refractivity contribution in [3.63, 3.8) is 0 Å². The van der Waals surface area contributed by atoms with Crippen molar-refractivity contribution >= 4 is 0 Å². The lowest BCUT2D eigenvalue weighted by Gasteiger charge is -2.55. The zero-order valence-electron chi connectivity index (χ0n) is 14.4. The molecule has 0 spiro atoms. The van der Waals surface area contributed by atoms with Gasteiger partial charge in [-0.2, -0.15) is 0 Å². The summed E-state index contributed by atoms with van der Waals surface area (Å²) in [5.41, 5.74) is 7.04. The van der Waals surface area contributed by atoms with Crippen LogP contribution in [0.15, 0.2) is 0 Å². The van der Waals surface area contributed by atoms with Crippen molar-refractivity contribution in [2.24, 2.45) is 23.0 Å². The molecule has 2 saturated carbocycles. The Balaban J connectivity index is 1.63. The van der Waals surface area contributed by atoms with Crippen molar-refractivity contribution in [3.8, 4) is 0 Å². The van der Waals surface area contributed by atoms with Gasteiger partial charge in [-0.15, -0.1) is 0 Å². The third-order valence-corrected chi connectivity index (χ3v) is 6.07. The summed E-state index contributed by atoms with van der Waals surface area (Å²) in [5.74, 6) is 1.83. The van der Waals surface area contributed by atoms with Gasteiger partial charge in [0.25, 0.3) is 0 Å². The Hall–Kier alpha value is -0.120. The fourth-order valence-corrected chi connectivity index (χ4v) is 5.30. The lowest BCUT2D eigenvalue weighted by Crippen LogP contribution is -2.63. The number of piperazine rings is 1. The van der Waals surface area contributed by atoms with E-state index in [0.717, 1.165) is 18.4 Å². The standard InChI is InChI=1S/C18H35N3/c1-15-10-17(2,3)13-18(11-15,14-19)21-8-6-20(7-9-21)12-16-4-5-16/h15-16H,4-14,19H2,1-3H3. The average Bonchev–Trinajstić information content (AvgIpc) is 3.21. The number of nitrogens with zero attached hydrogens (tertiary/aromatic N) is 2. The molecule has 1 heterocycles. The van der Waals surface area contributed by atoms with Gasteiger partial charge in [0.1, 0.15) is 0 Å². The van der Waals surface area contributed by atoms with Crippen LogP contribution in [0.25, 0.3) is 0 Å². The molecule has 0 aromatic carbocycles. The quantitative estimate of drug-likeness (QED) is 0.864. The first kappa shape index (κ1) is 15.8. The minimum atomic E-state index is 0.271. The fourth-order valence-electron chi connectivity index (χ4n) is 5.30. The van der Waals surface area contributed by atoms with E-state index in [0.29, 0.717) is 5.41 Å². The van der Waals surface area contributed by atoms with Crippen LogP contribution in [0.2, 0.25) is 0 Å². The highest BCUT2D eigenvalue weighted by atomic mass is 15.3. The Kier molecular flexibility index (Phi) is 4.37. The van der Waals surface area contributed by atoms with Crippen LogP contribution < -0.4 is 5.73 Å². The van der Waals surface area contributed by atoms with Gasteiger partial charge >= 0.3 is 0 Å². The molecule has 2 N–H and O–H groups in total. The minimum Gasteiger partial charge on any atom is -0.329 e. The number of hydrogen-bond acceptors (Lipinski definition) is 3. The van der Waals surface area contributed by atoms with Gasteiger partial charge in [-0.1, -0.05) is 20.8 Å². The second-order valence-electron chi connectivity index (χ2n) is 9.01. The predicted octanol–water partition coefficient (Wildman–Crippen LogP) is 2.56. The Morgan fingerprint density at radius 1 is 1.05 bits per heavy atom. The summed E-state index contributed by atoms with van der Waals surface area (Å²) >= 11 is 0. The van der Waals surface area contributed by atoms with Crippen molar-refractivity contribution in [1.29, 1.82) is 0 Å². The van der Waals surface area contributed by atoms with Gasteiger partial charge in [0.15, 0.2) is 0 Å². The summed E-state index contributed by atoms with van der Waals surface area (Å²) in [4.78, 5) is 5.45. The Morgan fingerprint density at radius 2 is 1.71 bits per heavy atom. The summed E-state index contributed by atoms with van der Waals surface area (Å²) in [6, 6.07) is 0. The molecule has 21 heavy (non-hydrogen) atoms. The smallest absolute Gasteiger partial charge is 0.0340 e. The fraction of sp³-hybridized carbons (Fsp3) is 1.00. The highest BCUT2D eigenvalue weighted by Gasteiger charge is 2.46. The van der Waals surface area contributed by atoms with Crippen LogP contribution >= 0.6 is 0 Å². The van der Waals surface area contributed by atoms with Crippen LogP contribution in [0.4, 0.5) is 0 Å². The molecule has 2 atom stereocenters. The molecule has 2 aliphatic carbocycles. The van der Waals surface area contributed by atoms with Crippen LogP contribution in [-0.4, -0.2) is 54.6 Å². The van der Waals surface area contributed by atoms with E-state index in [1.807, 2.05) is 0 Å². The van der Waals surface area contributed by atoms with Crippen LogP contribution in [0.5, 0.6) is 0 Å².